The fourth-order valence-electron chi connectivity index (χ4n) is 4.18. The number of halogens is 1. The van der Waals surface area contributed by atoms with Crippen LogP contribution < -0.4 is 26.8 Å². The lowest BCUT2D eigenvalue weighted by Gasteiger charge is -2.40. The number of nitrogen functional groups attached to an aromatic ring is 1. The molecule has 0 radical (unpaired) electrons. The Morgan fingerprint density at radius 1 is 1.39 bits per heavy atom. The number of nitrogens with two attached hydrogens (primary N) is 3. The molecule has 1 amide bonds. The van der Waals surface area contributed by atoms with Crippen LogP contribution in [0.1, 0.15) is 40.5 Å². The number of anilines is 2. The standard InChI is InChI=1S/C23H24ClN7O2/c1-2-14(24)6-3-4-7-15-17(20(27)32)29-22(30-19(15)26)31-12-9-23(10-13-31)18(25)16-8-5-11-28-21(16)33-23/h1,3-6,8,11,18H,7,9-10,12-13,25H2,(H2,27,32)(H2,26,29,30)/b4-3-,14-6+/t18-/m0/s1. The van der Waals surface area contributed by atoms with E-state index in [4.69, 9.17) is 40.0 Å². The number of piperidine rings is 1. The molecule has 0 unspecified atom stereocenters. The molecule has 1 atom stereocenters. The first-order valence-corrected chi connectivity index (χ1v) is 10.8. The summed E-state index contributed by atoms with van der Waals surface area (Å²) in [5, 5.41) is 0.258. The van der Waals surface area contributed by atoms with Crippen molar-refractivity contribution in [1.82, 2.24) is 15.0 Å². The molecule has 10 heteroatoms. The van der Waals surface area contributed by atoms with Crippen molar-refractivity contribution in [2.24, 2.45) is 11.5 Å². The normalized spacial score (nSPS) is 19.4. The van der Waals surface area contributed by atoms with E-state index >= 15 is 0 Å². The van der Waals surface area contributed by atoms with Crippen molar-refractivity contribution in [2.75, 3.05) is 23.7 Å². The molecule has 2 aromatic heterocycles. The minimum absolute atomic E-state index is 0.0832. The molecule has 2 aliphatic heterocycles. The van der Waals surface area contributed by atoms with Gasteiger partial charge < -0.3 is 26.8 Å². The van der Waals surface area contributed by atoms with Crippen LogP contribution in [0.15, 0.2) is 41.6 Å². The second-order valence-corrected chi connectivity index (χ2v) is 8.33. The number of hydrogen-bond donors (Lipinski definition) is 3. The van der Waals surface area contributed by atoms with Crippen LogP contribution in [-0.4, -0.2) is 39.5 Å². The van der Waals surface area contributed by atoms with Gasteiger partial charge in [-0.3, -0.25) is 4.79 Å². The maximum atomic E-state index is 12.1. The molecule has 4 rings (SSSR count). The molecule has 2 aliphatic rings. The highest BCUT2D eigenvalue weighted by Gasteiger charge is 2.49. The van der Waals surface area contributed by atoms with E-state index in [0.717, 1.165) is 5.56 Å². The van der Waals surface area contributed by atoms with E-state index in [1.165, 1.54) is 0 Å². The second-order valence-electron chi connectivity index (χ2n) is 7.92. The summed E-state index contributed by atoms with van der Waals surface area (Å²) in [7, 11) is 0. The van der Waals surface area contributed by atoms with Gasteiger partial charge in [-0.25, -0.2) is 9.97 Å². The molecule has 33 heavy (non-hydrogen) atoms. The number of ether oxygens (including phenoxy) is 1. The Morgan fingerprint density at radius 3 is 2.82 bits per heavy atom. The Kier molecular flexibility index (Phi) is 6.22. The van der Waals surface area contributed by atoms with Gasteiger partial charge in [0.05, 0.1) is 11.1 Å². The van der Waals surface area contributed by atoms with Crippen LogP contribution in [-0.2, 0) is 6.42 Å². The van der Waals surface area contributed by atoms with Crippen molar-refractivity contribution in [2.45, 2.75) is 30.9 Å². The number of nitrogens with zero attached hydrogens (tertiary/aromatic N) is 4. The first-order valence-electron chi connectivity index (χ1n) is 10.4. The molecular formula is C23H24ClN7O2. The highest BCUT2D eigenvalue weighted by Crippen LogP contribution is 2.46. The largest absolute Gasteiger partial charge is 0.469 e. The molecular weight excluding hydrogens is 442 g/mol. The molecule has 0 aromatic carbocycles. The SMILES string of the molecule is C#C/C(Cl)=C\C=C/Cc1c(N)nc(N2CCC3(CC2)Oc2ncccc2[C@@H]3N)nc1C(N)=O. The number of aromatic nitrogens is 3. The van der Waals surface area contributed by atoms with Crippen LogP contribution in [0.5, 0.6) is 5.88 Å². The third kappa shape index (κ3) is 4.35. The molecule has 0 aliphatic carbocycles. The number of allylic oxidation sites excluding steroid dienone is 4. The highest BCUT2D eigenvalue weighted by atomic mass is 35.5. The Bertz CT molecular complexity index is 1180. The van der Waals surface area contributed by atoms with E-state index in [-0.39, 0.29) is 22.6 Å². The number of carbonyl (C=O) groups excluding carboxylic acids is 1. The lowest BCUT2D eigenvalue weighted by Crippen LogP contribution is -2.52. The molecule has 6 N–H and O–H groups in total. The zero-order valence-corrected chi connectivity index (χ0v) is 18.6. The smallest absolute Gasteiger partial charge is 0.267 e. The summed E-state index contributed by atoms with van der Waals surface area (Å²) in [5.74, 6) is 2.75. The van der Waals surface area contributed by atoms with E-state index < -0.39 is 11.5 Å². The quantitative estimate of drug-likeness (QED) is 0.447. The summed E-state index contributed by atoms with van der Waals surface area (Å²) in [6.45, 7) is 1.15. The van der Waals surface area contributed by atoms with Crippen LogP contribution in [0.25, 0.3) is 0 Å². The second kappa shape index (κ2) is 9.10. The van der Waals surface area contributed by atoms with E-state index in [0.29, 0.717) is 49.7 Å². The summed E-state index contributed by atoms with van der Waals surface area (Å²) < 4.78 is 6.18. The molecule has 1 spiro atoms. The fourth-order valence-corrected chi connectivity index (χ4v) is 4.26. The van der Waals surface area contributed by atoms with Gasteiger partial charge in [-0.2, -0.15) is 4.98 Å². The van der Waals surface area contributed by atoms with Crippen LogP contribution in [0, 0.1) is 12.3 Å². The fraction of sp³-hybridized carbons (Fsp3) is 0.304. The van der Waals surface area contributed by atoms with E-state index in [2.05, 4.69) is 20.9 Å². The van der Waals surface area contributed by atoms with Gasteiger partial charge in [-0.05, 0) is 18.6 Å². The molecule has 9 nitrogen and oxygen atoms in total. The van der Waals surface area contributed by atoms with Crippen LogP contribution in [0.3, 0.4) is 0 Å². The summed E-state index contributed by atoms with van der Waals surface area (Å²) >= 11 is 5.77. The molecule has 4 heterocycles. The topological polar surface area (TPSA) is 146 Å². The minimum atomic E-state index is -0.679. The number of pyridine rings is 1. The van der Waals surface area contributed by atoms with Crippen molar-refractivity contribution in [3.05, 3.63) is 58.4 Å². The van der Waals surface area contributed by atoms with Crippen molar-refractivity contribution in [3.8, 4) is 18.2 Å². The Labute approximate surface area is 196 Å². The highest BCUT2D eigenvalue weighted by molar-refractivity contribution is 6.32. The van der Waals surface area contributed by atoms with Crippen LogP contribution in [0.4, 0.5) is 11.8 Å². The molecule has 1 fully saturated rings. The van der Waals surface area contributed by atoms with Gasteiger partial charge in [-0.1, -0.05) is 35.7 Å². The zero-order chi connectivity index (χ0) is 23.6. The zero-order valence-electron chi connectivity index (χ0n) is 17.9. The van der Waals surface area contributed by atoms with E-state index in [1.807, 2.05) is 17.0 Å². The molecule has 2 aromatic rings. The van der Waals surface area contributed by atoms with Gasteiger partial charge >= 0.3 is 0 Å². The maximum Gasteiger partial charge on any atom is 0.267 e. The summed E-state index contributed by atoms with van der Waals surface area (Å²) in [6, 6.07) is 3.54. The van der Waals surface area contributed by atoms with E-state index in [9.17, 15) is 4.79 Å². The Balaban J connectivity index is 1.51. The first-order chi connectivity index (χ1) is 15.8. The van der Waals surface area contributed by atoms with Crippen molar-refractivity contribution in [1.29, 1.82) is 0 Å². The van der Waals surface area contributed by atoms with Gasteiger partial charge in [-0.15, -0.1) is 6.42 Å². The number of hydrogen-bond acceptors (Lipinski definition) is 8. The Hall–Kier alpha value is -3.61. The number of primary amides is 1. The van der Waals surface area contributed by atoms with Gasteiger partial charge in [0.1, 0.15) is 17.1 Å². The molecule has 0 saturated carbocycles. The predicted molar refractivity (Wildman–Crippen MR) is 127 cm³/mol. The van der Waals surface area contributed by atoms with Gasteiger partial charge in [0.15, 0.2) is 0 Å². The first kappa shape index (κ1) is 22.6. The van der Waals surface area contributed by atoms with E-state index in [1.54, 1.807) is 24.4 Å². The summed E-state index contributed by atoms with van der Waals surface area (Å²) in [6.07, 6.45) is 13.5. The van der Waals surface area contributed by atoms with Crippen LogP contribution >= 0.6 is 11.6 Å². The molecule has 1 saturated heterocycles. The number of carbonyl (C=O) groups is 1. The third-order valence-corrected chi connectivity index (χ3v) is 6.23. The van der Waals surface area contributed by atoms with Gasteiger partial charge in [0, 0.05) is 43.3 Å². The minimum Gasteiger partial charge on any atom is -0.469 e. The molecule has 170 valence electrons. The maximum absolute atomic E-state index is 12.1. The van der Waals surface area contributed by atoms with Crippen LogP contribution in [0.2, 0.25) is 0 Å². The summed E-state index contributed by atoms with van der Waals surface area (Å²) in [4.78, 5) is 27.2. The summed E-state index contributed by atoms with van der Waals surface area (Å²) in [5.41, 5.74) is 19.2. The Morgan fingerprint density at radius 2 is 2.15 bits per heavy atom. The van der Waals surface area contributed by atoms with Gasteiger partial charge in [0.25, 0.3) is 5.91 Å². The number of amides is 1. The third-order valence-electron chi connectivity index (χ3n) is 5.99. The average Bonchev–Trinajstić information content (AvgIpc) is 3.08. The average molecular weight is 466 g/mol. The monoisotopic (exact) mass is 465 g/mol. The molecule has 0 bridgehead atoms. The lowest BCUT2D eigenvalue weighted by atomic mass is 9.83. The predicted octanol–water partition coefficient (Wildman–Crippen LogP) is 1.84. The van der Waals surface area contributed by atoms with Crippen molar-refractivity contribution < 1.29 is 9.53 Å². The lowest BCUT2D eigenvalue weighted by molar-refractivity contribution is 0.0396. The van der Waals surface area contributed by atoms with Crippen molar-refractivity contribution in [3.63, 3.8) is 0 Å². The van der Waals surface area contributed by atoms with Crippen molar-refractivity contribution >= 4 is 29.3 Å². The van der Waals surface area contributed by atoms with Gasteiger partial charge in [0.2, 0.25) is 11.8 Å². The number of rotatable bonds is 5. The number of terminal acetylenes is 1. The number of fused-ring (bicyclic) bond motifs is 1.